The number of carbonyl (C=O) groups excluding carboxylic acids is 3. The summed E-state index contributed by atoms with van der Waals surface area (Å²) >= 11 is 6.33. The summed E-state index contributed by atoms with van der Waals surface area (Å²) in [6.07, 6.45) is 0.390. The molecule has 1 unspecified atom stereocenters. The molecule has 0 saturated carbocycles. The van der Waals surface area contributed by atoms with Crippen LogP contribution in [0.5, 0.6) is 0 Å². The molecule has 4 N–H and O–H groups in total. The van der Waals surface area contributed by atoms with E-state index in [9.17, 15) is 19.5 Å². The van der Waals surface area contributed by atoms with Crippen LogP contribution in [-0.2, 0) is 27.3 Å². The molecular weight excluding hydrogens is 484 g/mol. The normalized spacial score (nSPS) is 15.6. The fourth-order valence-corrected chi connectivity index (χ4v) is 4.47. The number of nitrogens with zero attached hydrogens (tertiary/aromatic N) is 2. The van der Waals surface area contributed by atoms with Gasteiger partial charge in [0, 0.05) is 36.9 Å². The van der Waals surface area contributed by atoms with Crippen molar-refractivity contribution in [3.8, 4) is 0 Å². The first kappa shape index (κ1) is 27.4. The molecule has 3 amide bonds. The minimum absolute atomic E-state index is 0.0729. The molecule has 1 aliphatic rings. The second-order valence-corrected chi connectivity index (χ2v) is 9.28. The number of benzene rings is 2. The van der Waals surface area contributed by atoms with Crippen LogP contribution in [-0.4, -0.2) is 71.2 Å². The van der Waals surface area contributed by atoms with Crippen LogP contribution in [0.2, 0.25) is 5.02 Å². The highest BCUT2D eigenvalue weighted by Crippen LogP contribution is 2.32. The van der Waals surface area contributed by atoms with Gasteiger partial charge in [0.25, 0.3) is 5.91 Å². The number of aryl methyl sites for hydroxylation is 1. The van der Waals surface area contributed by atoms with E-state index in [-0.39, 0.29) is 32.8 Å². The van der Waals surface area contributed by atoms with Crippen LogP contribution < -0.4 is 11.1 Å². The Balaban J connectivity index is 1.75. The molecule has 2 aromatic rings. The van der Waals surface area contributed by atoms with Gasteiger partial charge >= 0.3 is 6.09 Å². The molecule has 10 heteroatoms. The first-order chi connectivity index (χ1) is 17.3. The monoisotopic (exact) mass is 516 g/mol. The molecule has 0 bridgehead atoms. The van der Waals surface area contributed by atoms with Crippen LogP contribution in [0.4, 0.5) is 10.5 Å². The van der Waals surface area contributed by atoms with Crippen molar-refractivity contribution < 1.29 is 24.2 Å². The summed E-state index contributed by atoms with van der Waals surface area (Å²) in [5, 5.41) is 13.1. The molecule has 0 aromatic heterocycles. The highest BCUT2D eigenvalue weighted by Gasteiger charge is 2.42. The van der Waals surface area contributed by atoms with Crippen molar-refractivity contribution >= 4 is 35.7 Å². The van der Waals surface area contributed by atoms with Crippen LogP contribution >= 0.6 is 11.6 Å². The summed E-state index contributed by atoms with van der Waals surface area (Å²) in [5.74, 6) is -0.455. The van der Waals surface area contributed by atoms with E-state index in [1.165, 1.54) is 4.90 Å². The standard InChI is InChI=1S/C26H33ClN4O5/c1-2-19-7-9-21(10-8-19)29-25(35)36-17-26(11-13-30(14-12-26)24(34)23(33)15-28)31(18-32)16-20-5-3-4-6-22(20)27/h3-10,18,23,33H,2,11-17,28H2,1H3,(H,29,35). The molecule has 3 rings (SSSR count). The van der Waals surface area contributed by atoms with Gasteiger partial charge in [0.05, 0.1) is 5.54 Å². The van der Waals surface area contributed by atoms with Crippen LogP contribution in [0.3, 0.4) is 0 Å². The molecule has 194 valence electrons. The number of amides is 3. The molecule has 36 heavy (non-hydrogen) atoms. The lowest BCUT2D eigenvalue weighted by molar-refractivity contribution is -0.144. The van der Waals surface area contributed by atoms with E-state index in [1.807, 2.05) is 31.2 Å². The molecule has 1 fully saturated rings. The van der Waals surface area contributed by atoms with Gasteiger partial charge in [-0.25, -0.2) is 4.79 Å². The number of ether oxygens (including phenoxy) is 1. The Bertz CT molecular complexity index is 1040. The molecule has 2 aromatic carbocycles. The van der Waals surface area contributed by atoms with Crippen molar-refractivity contribution in [3.05, 3.63) is 64.7 Å². The van der Waals surface area contributed by atoms with Gasteiger partial charge in [-0.3, -0.25) is 14.9 Å². The fraction of sp³-hybridized carbons (Fsp3) is 0.423. The Kier molecular flexibility index (Phi) is 9.69. The maximum absolute atomic E-state index is 12.6. The lowest BCUT2D eigenvalue weighted by Crippen LogP contribution is -2.59. The summed E-state index contributed by atoms with van der Waals surface area (Å²) in [6.45, 7) is 2.56. The third-order valence-electron chi connectivity index (χ3n) is 6.63. The first-order valence-corrected chi connectivity index (χ1v) is 12.3. The van der Waals surface area contributed by atoms with Gasteiger partial charge in [0.2, 0.25) is 6.41 Å². The van der Waals surface area contributed by atoms with Crippen molar-refractivity contribution in [3.63, 3.8) is 0 Å². The largest absolute Gasteiger partial charge is 0.447 e. The van der Waals surface area contributed by atoms with Gasteiger partial charge in [0.15, 0.2) is 0 Å². The Morgan fingerprint density at radius 2 is 1.89 bits per heavy atom. The number of rotatable bonds is 10. The number of carbonyl (C=O) groups is 3. The number of halogens is 1. The van der Waals surface area contributed by atoms with Gasteiger partial charge in [-0.1, -0.05) is 48.9 Å². The molecule has 0 aliphatic carbocycles. The van der Waals surface area contributed by atoms with Crippen LogP contribution in [0.15, 0.2) is 48.5 Å². The lowest BCUT2D eigenvalue weighted by Gasteiger charge is -2.47. The van der Waals surface area contributed by atoms with Crippen molar-refractivity contribution in [2.75, 3.05) is 31.6 Å². The predicted octanol–water partition coefficient (Wildman–Crippen LogP) is 2.79. The Hall–Kier alpha value is -3.14. The second kappa shape index (κ2) is 12.7. The van der Waals surface area contributed by atoms with Gasteiger partial charge in [-0.15, -0.1) is 0 Å². The zero-order valence-electron chi connectivity index (χ0n) is 20.4. The van der Waals surface area contributed by atoms with E-state index in [0.717, 1.165) is 24.0 Å². The summed E-state index contributed by atoms with van der Waals surface area (Å²) < 4.78 is 5.60. The molecule has 1 heterocycles. The van der Waals surface area contributed by atoms with Crippen molar-refractivity contribution in [1.29, 1.82) is 0 Å². The van der Waals surface area contributed by atoms with E-state index >= 15 is 0 Å². The number of aliphatic hydroxyl groups excluding tert-OH is 1. The van der Waals surface area contributed by atoms with Gasteiger partial charge < -0.3 is 25.4 Å². The smallest absolute Gasteiger partial charge is 0.411 e. The fourth-order valence-electron chi connectivity index (χ4n) is 4.27. The maximum atomic E-state index is 12.6. The summed E-state index contributed by atoms with van der Waals surface area (Å²) in [7, 11) is 0. The summed E-state index contributed by atoms with van der Waals surface area (Å²) in [4.78, 5) is 40.4. The Morgan fingerprint density at radius 1 is 1.22 bits per heavy atom. The number of aliphatic hydroxyl groups is 1. The molecular formula is C26H33ClN4O5. The Morgan fingerprint density at radius 3 is 2.47 bits per heavy atom. The molecule has 0 spiro atoms. The minimum Gasteiger partial charge on any atom is -0.447 e. The van der Waals surface area contributed by atoms with Gasteiger partial charge in [-0.2, -0.15) is 0 Å². The van der Waals surface area contributed by atoms with Crippen LogP contribution in [0, 0.1) is 0 Å². The third-order valence-corrected chi connectivity index (χ3v) is 7.00. The average molecular weight is 517 g/mol. The number of hydrogen-bond donors (Lipinski definition) is 3. The Labute approximate surface area is 216 Å². The molecule has 9 nitrogen and oxygen atoms in total. The van der Waals surface area contributed by atoms with Gasteiger partial charge in [0.1, 0.15) is 12.7 Å². The van der Waals surface area contributed by atoms with Crippen molar-refractivity contribution in [2.24, 2.45) is 5.73 Å². The van der Waals surface area contributed by atoms with E-state index in [2.05, 4.69) is 5.32 Å². The van der Waals surface area contributed by atoms with E-state index < -0.39 is 23.6 Å². The zero-order valence-corrected chi connectivity index (χ0v) is 21.1. The topological polar surface area (TPSA) is 125 Å². The highest BCUT2D eigenvalue weighted by atomic mass is 35.5. The van der Waals surface area contributed by atoms with Crippen molar-refractivity contribution in [1.82, 2.24) is 9.80 Å². The first-order valence-electron chi connectivity index (χ1n) is 12.0. The number of piperidine rings is 1. The van der Waals surface area contributed by atoms with E-state index in [0.29, 0.717) is 23.6 Å². The summed E-state index contributed by atoms with van der Waals surface area (Å²) in [6, 6.07) is 14.7. The number of nitrogens with two attached hydrogens (primary N) is 1. The quantitative estimate of drug-likeness (QED) is 0.417. The number of nitrogens with one attached hydrogen (secondary N) is 1. The maximum Gasteiger partial charge on any atom is 0.411 e. The molecule has 1 atom stereocenters. The third kappa shape index (κ3) is 6.75. The number of likely N-dealkylation sites (tertiary alicyclic amines) is 1. The van der Waals surface area contributed by atoms with E-state index in [4.69, 9.17) is 22.1 Å². The number of hydrogen-bond acceptors (Lipinski definition) is 6. The molecule has 1 aliphatic heterocycles. The van der Waals surface area contributed by atoms with Crippen molar-refractivity contribution in [2.45, 2.75) is 44.4 Å². The van der Waals surface area contributed by atoms with Gasteiger partial charge in [-0.05, 0) is 48.6 Å². The second-order valence-electron chi connectivity index (χ2n) is 8.88. The van der Waals surface area contributed by atoms with Crippen LogP contribution in [0.1, 0.15) is 30.9 Å². The molecule has 1 saturated heterocycles. The lowest BCUT2D eigenvalue weighted by atomic mass is 9.86. The minimum atomic E-state index is -1.27. The number of anilines is 1. The summed E-state index contributed by atoms with van der Waals surface area (Å²) in [5.41, 5.74) is 7.07. The SMILES string of the molecule is CCc1ccc(NC(=O)OCC2(N(C=O)Cc3ccccc3Cl)CCN(C(=O)C(O)CN)CC2)cc1. The zero-order chi connectivity index (χ0) is 26.1. The van der Waals surface area contributed by atoms with E-state index in [1.54, 1.807) is 29.2 Å². The van der Waals surface area contributed by atoms with Crippen LogP contribution in [0.25, 0.3) is 0 Å². The highest BCUT2D eigenvalue weighted by molar-refractivity contribution is 6.31. The molecule has 0 radical (unpaired) electrons. The average Bonchev–Trinajstić information content (AvgIpc) is 2.91. The predicted molar refractivity (Wildman–Crippen MR) is 137 cm³/mol.